The minimum atomic E-state index is -0.471. The Labute approximate surface area is 137 Å². The topological polar surface area (TPSA) is 37.8 Å². The summed E-state index contributed by atoms with van der Waals surface area (Å²) >= 11 is 9.24. The van der Waals surface area contributed by atoms with Crippen molar-refractivity contribution in [2.45, 2.75) is 26.7 Å². The lowest BCUT2D eigenvalue weighted by atomic mass is 10.2. The van der Waals surface area contributed by atoms with Crippen molar-refractivity contribution >= 4 is 33.3 Å². The van der Waals surface area contributed by atoms with E-state index in [0.29, 0.717) is 11.4 Å². The van der Waals surface area contributed by atoms with Crippen LogP contribution in [0.4, 0.5) is 10.2 Å². The van der Waals surface area contributed by atoms with Crippen LogP contribution >= 0.6 is 27.5 Å². The number of hydrogen-bond donors (Lipinski definition) is 1. The number of aromatic nitrogens is 2. The Bertz CT molecular complexity index is 649. The molecule has 2 rings (SSSR count). The van der Waals surface area contributed by atoms with Gasteiger partial charge >= 0.3 is 0 Å². The van der Waals surface area contributed by atoms with Crippen LogP contribution in [0.15, 0.2) is 22.7 Å². The number of aryl methyl sites for hydroxylation is 1. The number of nitrogens with one attached hydrogen (secondary N) is 1. The first-order valence-electron chi connectivity index (χ1n) is 6.82. The number of halogens is 3. The van der Waals surface area contributed by atoms with Crippen molar-refractivity contribution in [1.29, 1.82) is 0 Å². The molecule has 0 fully saturated rings. The molecule has 0 radical (unpaired) electrons. The van der Waals surface area contributed by atoms with Crippen LogP contribution in [0.5, 0.6) is 0 Å². The van der Waals surface area contributed by atoms with Gasteiger partial charge in [0.2, 0.25) is 0 Å². The van der Waals surface area contributed by atoms with Crippen molar-refractivity contribution in [2.24, 2.45) is 0 Å². The van der Waals surface area contributed by atoms with Crippen LogP contribution in [0.1, 0.15) is 26.0 Å². The number of nitrogens with zero attached hydrogens (tertiary/aromatic N) is 2. The van der Waals surface area contributed by atoms with Gasteiger partial charge in [0.05, 0.1) is 15.2 Å². The fraction of sp³-hybridized carbons (Fsp3) is 0.333. The van der Waals surface area contributed by atoms with Gasteiger partial charge in [-0.05, 0) is 47.0 Å². The Balaban J connectivity index is 2.49. The van der Waals surface area contributed by atoms with E-state index in [1.807, 2.05) is 6.92 Å². The van der Waals surface area contributed by atoms with Gasteiger partial charge in [-0.1, -0.05) is 25.4 Å². The average Bonchev–Trinajstić information content (AvgIpc) is 2.49. The van der Waals surface area contributed by atoms with E-state index >= 15 is 0 Å². The van der Waals surface area contributed by atoms with Crippen LogP contribution < -0.4 is 5.32 Å². The molecule has 21 heavy (non-hydrogen) atoms. The van der Waals surface area contributed by atoms with Crippen LogP contribution in [0, 0.1) is 5.82 Å². The third kappa shape index (κ3) is 3.71. The molecule has 0 spiro atoms. The molecule has 0 amide bonds. The highest BCUT2D eigenvalue weighted by molar-refractivity contribution is 9.10. The maximum Gasteiger partial charge on any atom is 0.161 e. The fourth-order valence-corrected chi connectivity index (χ4v) is 2.57. The van der Waals surface area contributed by atoms with Gasteiger partial charge in [-0.2, -0.15) is 0 Å². The molecule has 1 aromatic heterocycles. The quantitative estimate of drug-likeness (QED) is 0.795. The standard InChI is InChI=1S/C15H16BrClFN3/c1-3-7-19-15-13(16)12(4-2)20-14(21-15)9-5-6-10(17)11(18)8-9/h5-6,8H,3-4,7H2,1-2H3,(H,19,20,21). The highest BCUT2D eigenvalue weighted by Gasteiger charge is 2.13. The van der Waals surface area contributed by atoms with E-state index in [1.165, 1.54) is 12.1 Å². The Morgan fingerprint density at radius 2 is 2.05 bits per heavy atom. The zero-order valence-corrected chi connectivity index (χ0v) is 14.2. The Morgan fingerprint density at radius 3 is 2.67 bits per heavy atom. The van der Waals surface area contributed by atoms with Gasteiger partial charge in [0.25, 0.3) is 0 Å². The van der Waals surface area contributed by atoms with E-state index in [-0.39, 0.29) is 5.02 Å². The summed E-state index contributed by atoms with van der Waals surface area (Å²) in [6.07, 6.45) is 1.75. The van der Waals surface area contributed by atoms with Crippen LogP contribution in [-0.4, -0.2) is 16.5 Å². The van der Waals surface area contributed by atoms with E-state index in [0.717, 1.165) is 35.4 Å². The van der Waals surface area contributed by atoms with Crippen molar-refractivity contribution < 1.29 is 4.39 Å². The van der Waals surface area contributed by atoms with E-state index in [1.54, 1.807) is 6.07 Å². The molecule has 0 aliphatic carbocycles. The Morgan fingerprint density at radius 1 is 1.29 bits per heavy atom. The normalized spacial score (nSPS) is 10.7. The highest BCUT2D eigenvalue weighted by atomic mass is 79.9. The van der Waals surface area contributed by atoms with Gasteiger partial charge in [-0.15, -0.1) is 0 Å². The number of hydrogen-bond acceptors (Lipinski definition) is 3. The van der Waals surface area contributed by atoms with Crippen LogP contribution in [0.2, 0.25) is 5.02 Å². The molecule has 112 valence electrons. The molecular weight excluding hydrogens is 357 g/mol. The molecule has 1 aromatic carbocycles. The van der Waals surface area contributed by atoms with Crippen LogP contribution in [0.25, 0.3) is 11.4 Å². The van der Waals surface area contributed by atoms with Crippen LogP contribution in [0.3, 0.4) is 0 Å². The van der Waals surface area contributed by atoms with Gasteiger partial charge < -0.3 is 5.32 Å². The zero-order chi connectivity index (χ0) is 15.4. The molecular formula is C15H16BrClFN3. The average molecular weight is 373 g/mol. The van der Waals surface area contributed by atoms with Gasteiger partial charge in [0.1, 0.15) is 11.6 Å². The smallest absolute Gasteiger partial charge is 0.161 e. The van der Waals surface area contributed by atoms with E-state index < -0.39 is 5.82 Å². The molecule has 1 heterocycles. The molecule has 0 saturated heterocycles. The number of benzene rings is 1. The molecule has 0 atom stereocenters. The summed E-state index contributed by atoms with van der Waals surface area (Å²) in [5.41, 5.74) is 1.49. The molecule has 3 nitrogen and oxygen atoms in total. The maximum absolute atomic E-state index is 13.6. The van der Waals surface area contributed by atoms with Crippen molar-refractivity contribution in [2.75, 3.05) is 11.9 Å². The summed E-state index contributed by atoms with van der Waals surface area (Å²) in [5, 5.41) is 3.35. The summed E-state index contributed by atoms with van der Waals surface area (Å²) in [5.74, 6) is 0.750. The first kappa shape index (κ1) is 16.2. The predicted molar refractivity (Wildman–Crippen MR) is 88.3 cm³/mol. The Kier molecular flexibility index (Phi) is 5.53. The van der Waals surface area contributed by atoms with E-state index in [4.69, 9.17) is 11.6 Å². The SMILES string of the molecule is CCCNc1nc(-c2ccc(Cl)c(F)c2)nc(CC)c1Br. The van der Waals surface area contributed by atoms with Gasteiger partial charge in [-0.3, -0.25) is 0 Å². The summed E-state index contributed by atoms with van der Waals surface area (Å²) < 4.78 is 14.5. The minimum Gasteiger partial charge on any atom is -0.369 e. The lowest BCUT2D eigenvalue weighted by Crippen LogP contribution is -2.07. The largest absolute Gasteiger partial charge is 0.369 e. The second kappa shape index (κ2) is 7.18. The summed E-state index contributed by atoms with van der Waals surface area (Å²) in [6.45, 7) is 4.91. The molecule has 2 aromatic rings. The minimum absolute atomic E-state index is 0.0934. The second-order valence-electron chi connectivity index (χ2n) is 4.57. The van der Waals surface area contributed by atoms with Crippen LogP contribution in [-0.2, 0) is 6.42 Å². The molecule has 0 bridgehead atoms. The van der Waals surface area contributed by atoms with Crippen molar-refractivity contribution in [3.8, 4) is 11.4 Å². The molecule has 0 saturated carbocycles. The second-order valence-corrected chi connectivity index (χ2v) is 5.77. The first-order chi connectivity index (χ1) is 10.1. The van der Waals surface area contributed by atoms with Gasteiger partial charge in [0.15, 0.2) is 5.82 Å². The van der Waals surface area contributed by atoms with Gasteiger partial charge in [-0.25, -0.2) is 14.4 Å². The Hall–Kier alpha value is -1.20. The third-order valence-corrected chi connectivity index (χ3v) is 4.11. The number of anilines is 1. The molecule has 0 unspecified atom stereocenters. The van der Waals surface area contributed by atoms with Crippen molar-refractivity contribution in [1.82, 2.24) is 9.97 Å². The lowest BCUT2D eigenvalue weighted by molar-refractivity contribution is 0.628. The predicted octanol–water partition coefficient (Wildman–Crippen LogP) is 5.08. The van der Waals surface area contributed by atoms with Crippen molar-refractivity contribution in [3.05, 3.63) is 39.2 Å². The molecule has 6 heteroatoms. The number of rotatable bonds is 5. The highest BCUT2D eigenvalue weighted by Crippen LogP contribution is 2.29. The summed E-state index contributed by atoms with van der Waals surface area (Å²) in [6, 6.07) is 4.59. The van der Waals surface area contributed by atoms with Gasteiger partial charge in [0, 0.05) is 12.1 Å². The zero-order valence-electron chi connectivity index (χ0n) is 11.9. The molecule has 1 N–H and O–H groups in total. The maximum atomic E-state index is 13.6. The monoisotopic (exact) mass is 371 g/mol. The van der Waals surface area contributed by atoms with Crippen molar-refractivity contribution in [3.63, 3.8) is 0 Å². The molecule has 0 aliphatic rings. The lowest BCUT2D eigenvalue weighted by Gasteiger charge is -2.12. The van der Waals surface area contributed by atoms with E-state index in [2.05, 4.69) is 38.1 Å². The third-order valence-electron chi connectivity index (χ3n) is 2.97. The fourth-order valence-electron chi connectivity index (χ4n) is 1.85. The summed E-state index contributed by atoms with van der Waals surface area (Å²) in [4.78, 5) is 8.97. The van der Waals surface area contributed by atoms with E-state index in [9.17, 15) is 4.39 Å². The summed E-state index contributed by atoms with van der Waals surface area (Å²) in [7, 11) is 0. The first-order valence-corrected chi connectivity index (χ1v) is 7.99. The molecule has 0 aliphatic heterocycles.